The summed E-state index contributed by atoms with van der Waals surface area (Å²) in [5.41, 5.74) is 0.535. The minimum Gasteiger partial charge on any atom is -0.341 e. The van der Waals surface area contributed by atoms with Gasteiger partial charge in [-0.05, 0) is 19.4 Å². The van der Waals surface area contributed by atoms with Gasteiger partial charge < -0.3 is 10.2 Å². The van der Waals surface area contributed by atoms with E-state index in [0.29, 0.717) is 18.2 Å². The Balaban J connectivity index is 1.31. The Bertz CT molecular complexity index is 1470. The van der Waals surface area contributed by atoms with E-state index in [4.69, 9.17) is 11.6 Å². The summed E-state index contributed by atoms with van der Waals surface area (Å²) < 4.78 is 43.2. The molecular formula is C24H20ClF3N8O. The highest BCUT2D eigenvalue weighted by Gasteiger charge is 2.23. The Morgan fingerprint density at radius 2 is 1.97 bits per heavy atom. The number of alkyl halides is 2. The normalized spacial score (nSPS) is 13.1. The molecule has 0 atom stereocenters. The van der Waals surface area contributed by atoms with Crippen LogP contribution in [0, 0.1) is 12.7 Å². The van der Waals surface area contributed by atoms with Crippen molar-refractivity contribution in [2.45, 2.75) is 26.3 Å². The Hall–Kier alpha value is -4.06. The van der Waals surface area contributed by atoms with Crippen LogP contribution in [0.1, 0.15) is 40.2 Å². The number of aromatic nitrogens is 6. The van der Waals surface area contributed by atoms with Crippen LogP contribution in [0.4, 0.5) is 24.8 Å². The third-order valence-corrected chi connectivity index (χ3v) is 6.21. The SMILES string of the molecule is Cc1nc(N2CCC2)ncc1Cn1cc(NC(=O)c2cncc(-c3c(C(F)F)ccc(Cl)c3F)n2)cn1. The number of hydrogen-bond donors (Lipinski definition) is 1. The highest BCUT2D eigenvalue weighted by atomic mass is 35.5. The number of anilines is 2. The Labute approximate surface area is 214 Å². The first-order valence-corrected chi connectivity index (χ1v) is 11.7. The lowest BCUT2D eigenvalue weighted by Crippen LogP contribution is -2.38. The summed E-state index contributed by atoms with van der Waals surface area (Å²) >= 11 is 5.78. The first kappa shape index (κ1) is 24.6. The van der Waals surface area contributed by atoms with E-state index in [-0.39, 0.29) is 16.4 Å². The van der Waals surface area contributed by atoms with Gasteiger partial charge in [-0.25, -0.2) is 28.1 Å². The maximum atomic E-state index is 14.6. The lowest BCUT2D eigenvalue weighted by Gasteiger charge is -2.31. The molecule has 190 valence electrons. The summed E-state index contributed by atoms with van der Waals surface area (Å²) in [4.78, 5) is 31.8. The van der Waals surface area contributed by atoms with E-state index in [2.05, 4.69) is 35.3 Å². The molecule has 0 aliphatic carbocycles. The van der Waals surface area contributed by atoms with Crippen LogP contribution >= 0.6 is 11.6 Å². The molecule has 5 rings (SSSR count). The van der Waals surface area contributed by atoms with Crippen LogP contribution in [0.25, 0.3) is 11.3 Å². The molecular weight excluding hydrogens is 509 g/mol. The number of nitrogens with zero attached hydrogens (tertiary/aromatic N) is 7. The maximum Gasteiger partial charge on any atom is 0.275 e. The van der Waals surface area contributed by atoms with Crippen LogP contribution < -0.4 is 10.2 Å². The first-order chi connectivity index (χ1) is 17.8. The molecule has 0 spiro atoms. The number of halogens is 4. The third kappa shape index (κ3) is 5.10. The van der Waals surface area contributed by atoms with E-state index in [0.717, 1.165) is 55.3 Å². The second-order valence-electron chi connectivity index (χ2n) is 8.42. The molecule has 1 aliphatic heterocycles. The summed E-state index contributed by atoms with van der Waals surface area (Å²) in [6.45, 7) is 4.20. The maximum absolute atomic E-state index is 14.6. The van der Waals surface area contributed by atoms with E-state index in [1.165, 1.54) is 6.20 Å². The average molecular weight is 529 g/mol. The molecule has 1 aromatic carbocycles. The molecule has 1 amide bonds. The van der Waals surface area contributed by atoms with Gasteiger partial charge in [0.1, 0.15) is 5.69 Å². The molecule has 1 saturated heterocycles. The minimum atomic E-state index is -2.98. The van der Waals surface area contributed by atoms with Crippen LogP contribution in [0.3, 0.4) is 0 Å². The number of rotatable bonds is 7. The highest BCUT2D eigenvalue weighted by molar-refractivity contribution is 6.31. The minimum absolute atomic E-state index is 0.198. The topological polar surface area (TPSA) is 102 Å². The molecule has 4 aromatic rings. The number of benzene rings is 1. The van der Waals surface area contributed by atoms with Gasteiger partial charge in [0.05, 0.1) is 41.5 Å². The summed E-state index contributed by atoms with van der Waals surface area (Å²) in [7, 11) is 0. The van der Waals surface area contributed by atoms with E-state index >= 15 is 0 Å². The van der Waals surface area contributed by atoms with Gasteiger partial charge in [0.2, 0.25) is 5.95 Å². The molecule has 1 aliphatic rings. The second-order valence-corrected chi connectivity index (χ2v) is 8.83. The molecule has 0 radical (unpaired) electrons. The summed E-state index contributed by atoms with van der Waals surface area (Å²) in [5.74, 6) is -1.03. The number of carbonyl (C=O) groups excluding carboxylic acids is 1. The van der Waals surface area contributed by atoms with Gasteiger partial charge in [-0.3, -0.25) is 14.5 Å². The van der Waals surface area contributed by atoms with Crippen LogP contribution in [-0.4, -0.2) is 48.7 Å². The smallest absolute Gasteiger partial charge is 0.275 e. The van der Waals surface area contributed by atoms with Crippen molar-refractivity contribution in [1.29, 1.82) is 0 Å². The monoisotopic (exact) mass is 528 g/mol. The third-order valence-electron chi connectivity index (χ3n) is 5.92. The summed E-state index contributed by atoms with van der Waals surface area (Å²) in [5, 5.41) is 6.54. The van der Waals surface area contributed by atoms with E-state index < -0.39 is 29.3 Å². The lowest BCUT2D eigenvalue weighted by molar-refractivity contribution is 0.102. The van der Waals surface area contributed by atoms with Gasteiger partial charge in [-0.15, -0.1) is 0 Å². The molecule has 1 fully saturated rings. The van der Waals surface area contributed by atoms with Crippen LogP contribution in [0.2, 0.25) is 5.02 Å². The van der Waals surface area contributed by atoms with Crippen LogP contribution in [-0.2, 0) is 6.54 Å². The summed E-state index contributed by atoms with van der Waals surface area (Å²) in [6.07, 6.45) is 5.22. The van der Waals surface area contributed by atoms with Crippen molar-refractivity contribution < 1.29 is 18.0 Å². The fourth-order valence-corrected chi connectivity index (χ4v) is 3.95. The zero-order valence-electron chi connectivity index (χ0n) is 19.5. The number of amides is 1. The Morgan fingerprint density at radius 1 is 1.16 bits per heavy atom. The fourth-order valence-electron chi connectivity index (χ4n) is 3.79. The molecule has 0 bridgehead atoms. The van der Waals surface area contributed by atoms with E-state index in [9.17, 15) is 18.0 Å². The number of hydrogen-bond acceptors (Lipinski definition) is 7. The van der Waals surface area contributed by atoms with Gasteiger partial charge in [0.15, 0.2) is 5.82 Å². The Morgan fingerprint density at radius 3 is 2.68 bits per heavy atom. The van der Waals surface area contributed by atoms with Crippen molar-refractivity contribution in [3.05, 3.63) is 76.5 Å². The van der Waals surface area contributed by atoms with E-state index in [1.807, 2.05) is 6.92 Å². The van der Waals surface area contributed by atoms with Gasteiger partial charge in [-0.2, -0.15) is 5.10 Å². The largest absolute Gasteiger partial charge is 0.341 e. The quantitative estimate of drug-likeness (QED) is 0.371. The van der Waals surface area contributed by atoms with Crippen molar-refractivity contribution >= 4 is 29.1 Å². The summed E-state index contributed by atoms with van der Waals surface area (Å²) in [6, 6.07) is 2.05. The van der Waals surface area contributed by atoms with Crippen molar-refractivity contribution in [2.24, 2.45) is 0 Å². The number of aryl methyl sites for hydroxylation is 1. The second kappa shape index (κ2) is 10.1. The van der Waals surface area contributed by atoms with Crippen molar-refractivity contribution in [2.75, 3.05) is 23.3 Å². The van der Waals surface area contributed by atoms with Crippen molar-refractivity contribution in [3.63, 3.8) is 0 Å². The number of nitrogens with one attached hydrogen (secondary N) is 1. The number of carbonyl (C=O) groups is 1. The molecule has 0 unspecified atom stereocenters. The standard InChI is InChI=1S/C24H20ClF3N8O/c1-13-14(7-30-24(32-13)35-5-2-6-35)11-36-12-15(8-31-36)33-23(37)19-10-29-9-18(34-19)20-16(22(27)28)3-4-17(25)21(20)26/h3-4,7-10,12,22H,2,5-6,11H2,1H3,(H,33,37). The van der Waals surface area contributed by atoms with Crippen LogP contribution in [0.15, 0.2) is 43.1 Å². The molecule has 0 saturated carbocycles. The van der Waals surface area contributed by atoms with Gasteiger partial charge >= 0.3 is 0 Å². The highest BCUT2D eigenvalue weighted by Crippen LogP contribution is 2.35. The Kier molecular flexibility index (Phi) is 6.74. The molecule has 3 aromatic heterocycles. The zero-order valence-corrected chi connectivity index (χ0v) is 20.3. The zero-order chi connectivity index (χ0) is 26.1. The van der Waals surface area contributed by atoms with Gasteiger partial charge in [-0.1, -0.05) is 17.7 Å². The lowest BCUT2D eigenvalue weighted by atomic mass is 10.0. The molecule has 1 N–H and O–H groups in total. The molecule has 13 heteroatoms. The van der Waals surface area contributed by atoms with Crippen molar-refractivity contribution in [1.82, 2.24) is 29.7 Å². The predicted molar refractivity (Wildman–Crippen MR) is 130 cm³/mol. The molecule has 4 heterocycles. The predicted octanol–water partition coefficient (Wildman–Crippen LogP) is 4.68. The fraction of sp³-hybridized carbons (Fsp3) is 0.250. The van der Waals surface area contributed by atoms with Gasteiger partial charge in [0, 0.05) is 47.9 Å². The molecule has 37 heavy (non-hydrogen) atoms. The first-order valence-electron chi connectivity index (χ1n) is 11.3. The van der Waals surface area contributed by atoms with Crippen molar-refractivity contribution in [3.8, 4) is 11.3 Å². The molecule has 9 nitrogen and oxygen atoms in total. The van der Waals surface area contributed by atoms with E-state index in [1.54, 1.807) is 17.1 Å². The van der Waals surface area contributed by atoms with Crippen LogP contribution in [0.5, 0.6) is 0 Å². The average Bonchev–Trinajstić information content (AvgIpc) is 3.28. The van der Waals surface area contributed by atoms with Gasteiger partial charge in [0.25, 0.3) is 12.3 Å².